The van der Waals surface area contributed by atoms with Gasteiger partial charge in [0.1, 0.15) is 60.4 Å². The minimum absolute atomic E-state index is 0.0658. The van der Waals surface area contributed by atoms with Gasteiger partial charge >= 0.3 is 5.97 Å². The van der Waals surface area contributed by atoms with Gasteiger partial charge < -0.3 is 90.2 Å². The lowest BCUT2D eigenvalue weighted by atomic mass is 9.99. The van der Waals surface area contributed by atoms with Gasteiger partial charge in [-0.1, -0.05) is 55.4 Å². The number of thioether (sulfide) groups is 1. The number of likely N-dealkylation sites (tertiary alicyclic amines) is 1. The summed E-state index contributed by atoms with van der Waals surface area (Å²) in [7, 11) is 0. The molecule has 1 aliphatic rings. The number of nitrogens with one attached hydrogen (secondary N) is 11. The molecule has 1 saturated heterocycles. The maximum absolute atomic E-state index is 13.9. The molecule has 18 N–H and O–H groups in total. The molecule has 1 heterocycles. The van der Waals surface area contributed by atoms with Crippen LogP contribution in [0.4, 0.5) is 0 Å². The second-order valence-corrected chi connectivity index (χ2v) is 23.6. The lowest BCUT2D eigenvalue weighted by Gasteiger charge is -2.29. The number of rotatable bonds is 38. The molecule has 484 valence electrons. The van der Waals surface area contributed by atoms with Crippen LogP contribution in [0.15, 0.2) is 0 Å². The summed E-state index contributed by atoms with van der Waals surface area (Å²) in [5, 5.41) is 57.4. The van der Waals surface area contributed by atoms with Crippen molar-refractivity contribution in [3.63, 3.8) is 0 Å². The minimum Gasteiger partial charge on any atom is -0.480 e. The van der Waals surface area contributed by atoms with Crippen molar-refractivity contribution in [2.24, 2.45) is 35.1 Å². The van der Waals surface area contributed by atoms with Gasteiger partial charge in [0.05, 0.1) is 31.8 Å². The van der Waals surface area contributed by atoms with Gasteiger partial charge in [0, 0.05) is 6.54 Å². The van der Waals surface area contributed by atoms with Gasteiger partial charge in [-0.2, -0.15) is 11.8 Å². The number of nitrogens with two attached hydrogens (primary N) is 2. The van der Waals surface area contributed by atoms with E-state index >= 15 is 0 Å². The molecular weight excluding hydrogens is 1130 g/mol. The van der Waals surface area contributed by atoms with E-state index in [1.54, 1.807) is 61.6 Å². The molecular formula is C54H96N14O16S. The molecule has 0 aromatic heterocycles. The number of carboxylic acid groups (broad SMARTS) is 1. The monoisotopic (exact) mass is 1230 g/mol. The maximum atomic E-state index is 13.9. The molecule has 0 spiro atoms. The number of hydrogen-bond acceptors (Lipinski definition) is 18. The van der Waals surface area contributed by atoms with E-state index in [1.165, 1.54) is 37.4 Å². The first-order chi connectivity index (χ1) is 39.7. The van der Waals surface area contributed by atoms with Crippen LogP contribution in [0.5, 0.6) is 0 Å². The Labute approximate surface area is 501 Å². The number of aliphatic carboxylic acids is 1. The van der Waals surface area contributed by atoms with Crippen LogP contribution >= 0.6 is 11.8 Å². The zero-order valence-electron chi connectivity index (χ0n) is 51.1. The van der Waals surface area contributed by atoms with Crippen molar-refractivity contribution in [1.82, 2.24) is 63.4 Å². The third-order valence-corrected chi connectivity index (χ3v) is 14.3. The number of amides is 12. The van der Waals surface area contributed by atoms with Crippen molar-refractivity contribution in [3.05, 3.63) is 0 Å². The first-order valence-corrected chi connectivity index (χ1v) is 30.2. The molecule has 30 nitrogen and oxygen atoms in total. The Morgan fingerprint density at radius 3 is 1.56 bits per heavy atom. The minimum atomic E-state index is -1.68. The Balaban J connectivity index is 2.98. The third kappa shape index (κ3) is 26.6. The Bertz CT molecular complexity index is 2290. The molecule has 85 heavy (non-hydrogen) atoms. The van der Waals surface area contributed by atoms with Crippen LogP contribution in [0.3, 0.4) is 0 Å². The number of unbranched alkanes of at least 4 members (excludes halogenated alkanes) is 1. The van der Waals surface area contributed by atoms with Gasteiger partial charge in [0.2, 0.25) is 70.9 Å². The largest absolute Gasteiger partial charge is 0.480 e. The predicted molar refractivity (Wildman–Crippen MR) is 314 cm³/mol. The Morgan fingerprint density at radius 1 is 0.553 bits per heavy atom. The van der Waals surface area contributed by atoms with Crippen LogP contribution in [-0.4, -0.2) is 214 Å². The number of nitrogens with zero attached hydrogens (tertiary/aromatic N) is 1. The van der Waals surface area contributed by atoms with Crippen molar-refractivity contribution in [2.75, 3.05) is 44.8 Å². The summed E-state index contributed by atoms with van der Waals surface area (Å²) in [6, 6.07) is -13.7. The average Bonchev–Trinajstić information content (AvgIpc) is 4.08. The van der Waals surface area contributed by atoms with Gasteiger partial charge in [0.25, 0.3) is 0 Å². The summed E-state index contributed by atoms with van der Waals surface area (Å²) in [6.45, 7) is 15.4. The van der Waals surface area contributed by atoms with E-state index in [4.69, 9.17) is 11.5 Å². The number of aliphatic hydroxyl groups is 2. The molecule has 31 heteroatoms. The summed E-state index contributed by atoms with van der Waals surface area (Å²) >= 11 is 1.40. The molecule has 0 radical (unpaired) electrons. The third-order valence-electron chi connectivity index (χ3n) is 13.6. The summed E-state index contributed by atoms with van der Waals surface area (Å²) in [6.07, 6.45) is 2.38. The number of carbonyl (C=O) groups excluding carboxylic acids is 12. The molecule has 0 aromatic carbocycles. The Hall–Kier alpha value is -6.70. The Morgan fingerprint density at radius 2 is 1.05 bits per heavy atom. The molecule has 0 aromatic rings. The zero-order chi connectivity index (χ0) is 65.0. The highest BCUT2D eigenvalue weighted by Crippen LogP contribution is 2.19. The summed E-state index contributed by atoms with van der Waals surface area (Å²) in [5.41, 5.74) is 11.4. The number of aliphatic hydroxyl groups excluding tert-OH is 2. The van der Waals surface area contributed by atoms with E-state index in [9.17, 15) is 77.6 Å². The van der Waals surface area contributed by atoms with E-state index in [2.05, 4.69) is 58.5 Å². The van der Waals surface area contributed by atoms with Crippen LogP contribution in [0, 0.1) is 23.7 Å². The standard InChI is InChI=1S/C54H96N14O16S/c1-26(2)22-35(46(75)59-31(10)44(73)60-33(16-13-14-19-55)45(74)61-34(54(83)84)18-21-85-12)62-50(79)42(29(7)8)67-52(81)43(32(11)70)64-39(72)24-57-38(71)23-58-49(78)40(27(3)4)65-47(76)36(25-69)63-51(80)41(28(5)6)66-48(77)37-17-15-20-68(37)53(82)30(9)56/h26-37,40-43,69-70H,13-25,55-56H2,1-12H3,(H,57,71)(H,58,78)(H,59,75)(H,60,73)(H,61,74)(H,62,79)(H,63,80)(H,64,72)(H,65,76)(H,66,77)(H,67,81)(H,83,84)/t30-,31-,32+,33-,34-,35-,36-,37-,40-,41-,42-,43-/m0/s1. The molecule has 12 amide bonds. The molecule has 0 bridgehead atoms. The molecule has 0 aliphatic carbocycles. The van der Waals surface area contributed by atoms with Gasteiger partial charge in [-0.3, -0.25) is 57.5 Å². The number of hydrogen-bond donors (Lipinski definition) is 16. The highest BCUT2D eigenvalue weighted by atomic mass is 32.2. The van der Waals surface area contributed by atoms with Crippen molar-refractivity contribution < 1.29 is 77.6 Å². The van der Waals surface area contributed by atoms with Crippen LogP contribution in [0.2, 0.25) is 0 Å². The van der Waals surface area contributed by atoms with Crippen LogP contribution in [0.1, 0.15) is 121 Å². The highest BCUT2D eigenvalue weighted by molar-refractivity contribution is 7.98. The second kappa shape index (κ2) is 38.4. The first kappa shape index (κ1) is 76.3. The maximum Gasteiger partial charge on any atom is 0.326 e. The number of carbonyl (C=O) groups is 13. The van der Waals surface area contributed by atoms with E-state index in [0.717, 1.165) is 0 Å². The second-order valence-electron chi connectivity index (χ2n) is 22.6. The SMILES string of the molecule is CSCC[C@H](NC(=O)[C@H](CCCCN)NC(=O)[C@H](C)NC(=O)[C@H](CC(C)C)NC(=O)[C@@H](NC(=O)[C@@H](NC(=O)CNC(=O)CNC(=O)[C@@H](NC(=O)[C@H](CO)NC(=O)[C@@H](NC(=O)[C@@H]1CCCN1C(=O)[C@H](C)N)C(C)C)C(C)C)[C@@H](C)O)C(C)C)C(=O)O. The quantitative estimate of drug-likeness (QED) is 0.0258. The molecule has 1 fully saturated rings. The van der Waals surface area contributed by atoms with Gasteiger partial charge in [0.15, 0.2) is 0 Å². The number of carboxylic acids is 1. The summed E-state index contributed by atoms with van der Waals surface area (Å²) in [4.78, 5) is 173. The molecule has 1 aliphatic heterocycles. The van der Waals surface area contributed by atoms with Crippen LogP contribution in [-0.2, 0) is 62.3 Å². The van der Waals surface area contributed by atoms with E-state index in [-0.39, 0.29) is 25.2 Å². The topological polar surface area (TPSA) is 470 Å². The predicted octanol–water partition coefficient (Wildman–Crippen LogP) is -4.71. The van der Waals surface area contributed by atoms with Crippen molar-refractivity contribution in [1.29, 1.82) is 0 Å². The summed E-state index contributed by atoms with van der Waals surface area (Å²) < 4.78 is 0. The van der Waals surface area contributed by atoms with E-state index < -0.39 is 187 Å². The van der Waals surface area contributed by atoms with Gasteiger partial charge in [-0.25, -0.2) is 4.79 Å². The molecule has 12 atom stereocenters. The first-order valence-electron chi connectivity index (χ1n) is 28.8. The van der Waals surface area contributed by atoms with Crippen molar-refractivity contribution in [2.45, 2.75) is 194 Å². The van der Waals surface area contributed by atoms with Gasteiger partial charge in [-0.05, 0) is 108 Å². The highest BCUT2D eigenvalue weighted by Gasteiger charge is 2.39. The molecule has 1 rings (SSSR count). The van der Waals surface area contributed by atoms with Crippen molar-refractivity contribution >= 4 is 88.6 Å². The van der Waals surface area contributed by atoms with E-state index in [1.807, 2.05) is 0 Å². The fourth-order valence-corrected chi connectivity index (χ4v) is 9.16. The zero-order valence-corrected chi connectivity index (χ0v) is 51.9. The molecule has 0 unspecified atom stereocenters. The van der Waals surface area contributed by atoms with Gasteiger partial charge in [-0.15, -0.1) is 0 Å². The van der Waals surface area contributed by atoms with E-state index in [0.29, 0.717) is 44.5 Å². The lowest BCUT2D eigenvalue weighted by molar-refractivity contribution is -0.142. The average molecular weight is 1230 g/mol. The fourth-order valence-electron chi connectivity index (χ4n) is 8.69. The normalized spacial score (nSPS) is 17.0. The molecule has 0 saturated carbocycles. The van der Waals surface area contributed by atoms with Crippen LogP contribution < -0.4 is 70.0 Å². The lowest BCUT2D eigenvalue weighted by Crippen LogP contribution is -2.61. The fraction of sp³-hybridized carbons (Fsp3) is 0.759. The summed E-state index contributed by atoms with van der Waals surface area (Å²) in [5.74, 6) is -12.4. The van der Waals surface area contributed by atoms with Crippen molar-refractivity contribution in [3.8, 4) is 0 Å². The van der Waals surface area contributed by atoms with Crippen LogP contribution in [0.25, 0.3) is 0 Å². The Kier molecular flexibility index (Phi) is 34.4. The smallest absolute Gasteiger partial charge is 0.326 e.